The van der Waals surface area contributed by atoms with Crippen molar-refractivity contribution in [3.8, 4) is 0 Å². The standard InChI is InChI=1S/C16H24N2O/c1-10-7-11(2)14(12(3)8-10)18-13(4)9-17-16(5,6)15(18)19/h7-8,13,17H,9H2,1-6H3. The molecule has 3 heteroatoms. The summed E-state index contributed by atoms with van der Waals surface area (Å²) in [5.41, 5.74) is 4.19. The minimum atomic E-state index is -0.490. The summed E-state index contributed by atoms with van der Waals surface area (Å²) in [5, 5.41) is 3.32. The molecule has 0 spiro atoms. The van der Waals surface area contributed by atoms with Gasteiger partial charge in [0.25, 0.3) is 0 Å². The number of hydrogen-bond donors (Lipinski definition) is 1. The maximum absolute atomic E-state index is 12.7. The molecule has 0 aromatic heterocycles. The van der Waals surface area contributed by atoms with Crippen LogP contribution in [0.1, 0.15) is 37.5 Å². The third-order valence-electron chi connectivity index (χ3n) is 3.91. The smallest absolute Gasteiger partial charge is 0.247 e. The minimum Gasteiger partial charge on any atom is -0.306 e. The molecule has 1 heterocycles. The Kier molecular flexibility index (Phi) is 3.43. The van der Waals surface area contributed by atoms with Gasteiger partial charge < -0.3 is 10.2 Å². The van der Waals surface area contributed by atoms with Gasteiger partial charge in [-0.15, -0.1) is 0 Å². The van der Waals surface area contributed by atoms with Crippen molar-refractivity contribution in [3.63, 3.8) is 0 Å². The first-order valence-electron chi connectivity index (χ1n) is 6.90. The van der Waals surface area contributed by atoms with Crippen LogP contribution in [-0.2, 0) is 4.79 Å². The summed E-state index contributed by atoms with van der Waals surface area (Å²) in [7, 11) is 0. The molecule has 1 amide bonds. The second kappa shape index (κ2) is 4.64. The lowest BCUT2D eigenvalue weighted by Gasteiger charge is -2.43. The van der Waals surface area contributed by atoms with Crippen LogP contribution in [0.5, 0.6) is 0 Å². The van der Waals surface area contributed by atoms with Crippen LogP contribution in [-0.4, -0.2) is 24.0 Å². The number of benzene rings is 1. The molecule has 19 heavy (non-hydrogen) atoms. The van der Waals surface area contributed by atoms with E-state index in [0.717, 1.165) is 12.2 Å². The van der Waals surface area contributed by atoms with Gasteiger partial charge in [0.05, 0.1) is 5.54 Å². The Hall–Kier alpha value is -1.35. The molecule has 1 aliphatic heterocycles. The van der Waals surface area contributed by atoms with Crippen molar-refractivity contribution in [2.45, 2.75) is 53.1 Å². The number of carbonyl (C=O) groups is 1. The van der Waals surface area contributed by atoms with Gasteiger partial charge in [0.1, 0.15) is 0 Å². The van der Waals surface area contributed by atoms with Crippen LogP contribution in [0.25, 0.3) is 0 Å². The lowest BCUT2D eigenvalue weighted by molar-refractivity contribution is -0.125. The topological polar surface area (TPSA) is 32.3 Å². The second-order valence-corrected chi connectivity index (χ2v) is 6.28. The zero-order valence-corrected chi connectivity index (χ0v) is 12.8. The molecule has 0 saturated carbocycles. The number of amides is 1. The molecule has 0 bridgehead atoms. The Morgan fingerprint density at radius 3 is 2.26 bits per heavy atom. The minimum absolute atomic E-state index is 0.154. The molecular formula is C16H24N2O. The van der Waals surface area contributed by atoms with E-state index in [0.29, 0.717) is 0 Å². The predicted octanol–water partition coefficient (Wildman–Crippen LogP) is 2.72. The Bertz CT molecular complexity index is 496. The highest BCUT2D eigenvalue weighted by Gasteiger charge is 2.40. The Labute approximate surface area is 116 Å². The van der Waals surface area contributed by atoms with E-state index in [1.54, 1.807) is 0 Å². The lowest BCUT2D eigenvalue weighted by Crippen LogP contribution is -2.65. The largest absolute Gasteiger partial charge is 0.306 e. The number of nitrogens with one attached hydrogen (secondary N) is 1. The summed E-state index contributed by atoms with van der Waals surface area (Å²) >= 11 is 0. The number of aryl methyl sites for hydroxylation is 3. The fraction of sp³-hybridized carbons (Fsp3) is 0.562. The molecule has 3 nitrogen and oxygen atoms in total. The van der Waals surface area contributed by atoms with Gasteiger partial charge in [0.15, 0.2) is 0 Å². The molecule has 1 aromatic carbocycles. The Morgan fingerprint density at radius 1 is 1.21 bits per heavy atom. The van der Waals surface area contributed by atoms with E-state index in [1.165, 1.54) is 16.7 Å². The normalized spacial score (nSPS) is 22.7. The van der Waals surface area contributed by atoms with Gasteiger partial charge >= 0.3 is 0 Å². The van der Waals surface area contributed by atoms with E-state index >= 15 is 0 Å². The molecule has 2 rings (SSSR count). The third kappa shape index (κ3) is 2.39. The van der Waals surface area contributed by atoms with Gasteiger partial charge in [0, 0.05) is 18.3 Å². The van der Waals surface area contributed by atoms with Gasteiger partial charge in [-0.2, -0.15) is 0 Å². The molecule has 1 fully saturated rings. The number of piperazine rings is 1. The molecule has 1 atom stereocenters. The number of hydrogen-bond acceptors (Lipinski definition) is 2. The van der Waals surface area contributed by atoms with Crippen molar-refractivity contribution in [3.05, 3.63) is 28.8 Å². The zero-order valence-electron chi connectivity index (χ0n) is 12.8. The maximum Gasteiger partial charge on any atom is 0.247 e. The third-order valence-corrected chi connectivity index (χ3v) is 3.91. The first-order valence-corrected chi connectivity index (χ1v) is 6.90. The number of carbonyl (C=O) groups excluding carboxylic acids is 1. The number of anilines is 1. The quantitative estimate of drug-likeness (QED) is 0.842. The monoisotopic (exact) mass is 260 g/mol. The van der Waals surface area contributed by atoms with Gasteiger partial charge in [-0.3, -0.25) is 4.79 Å². The molecule has 0 aliphatic carbocycles. The molecule has 0 radical (unpaired) electrons. The van der Waals surface area contributed by atoms with Crippen LogP contribution in [0.3, 0.4) is 0 Å². The highest BCUT2D eigenvalue weighted by Crippen LogP contribution is 2.31. The average molecular weight is 260 g/mol. The zero-order chi connectivity index (χ0) is 14.4. The molecule has 1 aliphatic rings. The Morgan fingerprint density at radius 2 is 1.74 bits per heavy atom. The number of rotatable bonds is 1. The summed E-state index contributed by atoms with van der Waals surface area (Å²) in [4.78, 5) is 14.7. The molecule has 1 unspecified atom stereocenters. The van der Waals surface area contributed by atoms with Crippen molar-refractivity contribution in [1.29, 1.82) is 0 Å². The van der Waals surface area contributed by atoms with Crippen LogP contribution < -0.4 is 10.2 Å². The van der Waals surface area contributed by atoms with Gasteiger partial charge in [-0.05, 0) is 52.7 Å². The van der Waals surface area contributed by atoms with Crippen LogP contribution >= 0.6 is 0 Å². The highest BCUT2D eigenvalue weighted by molar-refractivity contribution is 6.02. The SMILES string of the molecule is Cc1cc(C)c(N2C(=O)C(C)(C)NCC2C)c(C)c1. The molecule has 104 valence electrons. The molecule has 1 aromatic rings. The van der Waals surface area contributed by atoms with E-state index in [9.17, 15) is 4.79 Å². The second-order valence-electron chi connectivity index (χ2n) is 6.28. The first-order chi connectivity index (χ1) is 8.74. The van der Waals surface area contributed by atoms with Crippen molar-refractivity contribution in [2.24, 2.45) is 0 Å². The summed E-state index contributed by atoms with van der Waals surface area (Å²) in [6, 6.07) is 4.48. The fourth-order valence-corrected chi connectivity index (χ4v) is 2.95. The van der Waals surface area contributed by atoms with Crippen LogP contribution in [0.2, 0.25) is 0 Å². The molecular weight excluding hydrogens is 236 g/mol. The summed E-state index contributed by atoms with van der Waals surface area (Å²) in [6.07, 6.45) is 0. The van der Waals surface area contributed by atoms with E-state index < -0.39 is 5.54 Å². The first kappa shape index (κ1) is 14.1. The maximum atomic E-state index is 12.7. The van der Waals surface area contributed by atoms with Crippen LogP contribution in [0.4, 0.5) is 5.69 Å². The molecule has 1 saturated heterocycles. The van der Waals surface area contributed by atoms with E-state index in [1.807, 2.05) is 18.7 Å². The van der Waals surface area contributed by atoms with Gasteiger partial charge in [-0.1, -0.05) is 17.7 Å². The van der Waals surface area contributed by atoms with Crippen molar-refractivity contribution in [1.82, 2.24) is 5.32 Å². The van der Waals surface area contributed by atoms with Gasteiger partial charge in [0.2, 0.25) is 5.91 Å². The van der Waals surface area contributed by atoms with Crippen molar-refractivity contribution >= 4 is 11.6 Å². The fourth-order valence-electron chi connectivity index (χ4n) is 2.95. The van der Waals surface area contributed by atoms with E-state index in [2.05, 4.69) is 45.1 Å². The Balaban J connectivity index is 2.53. The van der Waals surface area contributed by atoms with E-state index in [4.69, 9.17) is 0 Å². The summed E-state index contributed by atoms with van der Waals surface area (Å²) in [6.45, 7) is 13.1. The van der Waals surface area contributed by atoms with Crippen LogP contribution in [0.15, 0.2) is 12.1 Å². The van der Waals surface area contributed by atoms with Crippen molar-refractivity contribution in [2.75, 3.05) is 11.4 Å². The summed E-state index contributed by atoms with van der Waals surface area (Å²) in [5.74, 6) is 0.154. The van der Waals surface area contributed by atoms with Crippen LogP contribution in [0, 0.1) is 20.8 Å². The summed E-state index contributed by atoms with van der Waals surface area (Å²) < 4.78 is 0. The predicted molar refractivity (Wildman–Crippen MR) is 79.7 cm³/mol. The lowest BCUT2D eigenvalue weighted by atomic mass is 9.94. The van der Waals surface area contributed by atoms with E-state index in [-0.39, 0.29) is 11.9 Å². The molecule has 1 N–H and O–H groups in total. The number of nitrogens with zero attached hydrogens (tertiary/aromatic N) is 1. The van der Waals surface area contributed by atoms with Crippen molar-refractivity contribution < 1.29 is 4.79 Å². The average Bonchev–Trinajstić information content (AvgIpc) is 2.28. The van der Waals surface area contributed by atoms with Gasteiger partial charge in [-0.25, -0.2) is 0 Å². The highest BCUT2D eigenvalue weighted by atomic mass is 16.2.